The molecule has 0 aromatic heterocycles. The van der Waals surface area contributed by atoms with Crippen molar-refractivity contribution in [3.8, 4) is 5.75 Å². The Kier molecular flexibility index (Phi) is 4.04. The summed E-state index contributed by atoms with van der Waals surface area (Å²) < 4.78 is 5.65. The molecule has 0 amide bonds. The first-order valence-electron chi connectivity index (χ1n) is 7.07. The van der Waals surface area contributed by atoms with Gasteiger partial charge in [0.25, 0.3) is 0 Å². The van der Waals surface area contributed by atoms with Crippen LogP contribution in [-0.4, -0.2) is 45.1 Å². The largest absolute Gasteiger partial charge is 0.494 e. The molecular weight excluding hydrogens is 252 g/mol. The van der Waals surface area contributed by atoms with Crippen LogP contribution in [0.5, 0.6) is 5.75 Å². The molecule has 1 aromatic rings. The second kappa shape index (κ2) is 5.44. The smallest absolute Gasteiger partial charge is 0.119 e. The summed E-state index contributed by atoms with van der Waals surface area (Å²) in [5, 5.41) is 0. The molecule has 1 aromatic carbocycles. The van der Waals surface area contributed by atoms with Crippen LogP contribution in [0.15, 0.2) is 18.2 Å². The van der Waals surface area contributed by atoms with Crippen LogP contribution in [-0.2, 0) is 10.2 Å². The average Bonchev–Trinajstić information content (AvgIpc) is 2.88. The Morgan fingerprint density at radius 3 is 2.75 bits per heavy atom. The van der Waals surface area contributed by atoms with E-state index in [0.717, 1.165) is 12.4 Å². The van der Waals surface area contributed by atoms with E-state index in [1.165, 1.54) is 24.2 Å². The molecule has 1 fully saturated rings. The van der Waals surface area contributed by atoms with E-state index in [2.05, 4.69) is 49.0 Å². The normalized spacial score (nSPS) is 27.6. The van der Waals surface area contributed by atoms with Crippen LogP contribution in [0, 0.1) is 0 Å². The van der Waals surface area contributed by atoms with Crippen LogP contribution in [0.3, 0.4) is 0 Å². The summed E-state index contributed by atoms with van der Waals surface area (Å²) in [6.45, 7) is 8.32. The minimum absolute atomic E-state index is 0.242. The summed E-state index contributed by atoms with van der Waals surface area (Å²) in [4.78, 5) is 12.9. The first-order valence-corrected chi connectivity index (χ1v) is 7.07. The van der Waals surface area contributed by atoms with Crippen LogP contribution in [0.1, 0.15) is 25.8 Å². The van der Waals surface area contributed by atoms with Gasteiger partial charge in [-0.1, -0.05) is 6.92 Å². The fraction of sp³-hybridized carbons (Fsp3) is 0.562. The molecule has 2 atom stereocenters. The molecule has 4 heteroatoms. The predicted octanol–water partition coefficient (Wildman–Crippen LogP) is 2.27. The van der Waals surface area contributed by atoms with Crippen molar-refractivity contribution in [2.75, 3.05) is 32.1 Å². The minimum atomic E-state index is 0.242. The Balaban J connectivity index is 0.000000704. The number of fused-ring (bicyclic) bond motifs is 3. The van der Waals surface area contributed by atoms with E-state index in [1.54, 1.807) is 0 Å². The zero-order valence-electron chi connectivity index (χ0n) is 12.8. The van der Waals surface area contributed by atoms with Crippen LogP contribution in [0.25, 0.3) is 0 Å². The highest BCUT2D eigenvalue weighted by Crippen LogP contribution is 2.51. The number of rotatable bonds is 2. The Bertz CT molecular complexity index is 491. The van der Waals surface area contributed by atoms with Crippen molar-refractivity contribution in [3.63, 3.8) is 0 Å². The number of likely N-dealkylation sites (N-methyl/N-ethyl adjacent to an activating group) is 2. The maximum atomic E-state index is 8.00. The molecule has 0 saturated carbocycles. The van der Waals surface area contributed by atoms with Crippen LogP contribution < -0.4 is 9.64 Å². The molecule has 3 rings (SSSR count). The van der Waals surface area contributed by atoms with Gasteiger partial charge in [-0.15, -0.1) is 0 Å². The maximum Gasteiger partial charge on any atom is 0.119 e. The maximum absolute atomic E-state index is 8.00. The lowest BCUT2D eigenvalue weighted by atomic mass is 9.81. The molecular formula is C16H24N2O2. The summed E-state index contributed by atoms with van der Waals surface area (Å²) in [6, 6.07) is 6.54. The molecule has 0 radical (unpaired) electrons. The Hall–Kier alpha value is -1.55. The second-order valence-electron chi connectivity index (χ2n) is 5.74. The molecule has 2 heterocycles. The number of anilines is 1. The van der Waals surface area contributed by atoms with Gasteiger partial charge in [-0.2, -0.15) is 0 Å². The summed E-state index contributed by atoms with van der Waals surface area (Å²) >= 11 is 0. The Labute approximate surface area is 121 Å². The van der Waals surface area contributed by atoms with Crippen molar-refractivity contribution in [3.05, 3.63) is 23.8 Å². The summed E-state index contributed by atoms with van der Waals surface area (Å²) in [7, 11) is 4.43. The van der Waals surface area contributed by atoms with Crippen molar-refractivity contribution in [1.29, 1.82) is 0 Å². The van der Waals surface area contributed by atoms with Gasteiger partial charge in [0.05, 0.1) is 12.8 Å². The Morgan fingerprint density at radius 2 is 2.10 bits per heavy atom. The van der Waals surface area contributed by atoms with Gasteiger partial charge >= 0.3 is 0 Å². The van der Waals surface area contributed by atoms with Gasteiger partial charge in [0.1, 0.15) is 12.5 Å². The quantitative estimate of drug-likeness (QED) is 0.829. The predicted molar refractivity (Wildman–Crippen MR) is 81.5 cm³/mol. The van der Waals surface area contributed by atoms with Gasteiger partial charge in [0, 0.05) is 24.7 Å². The Morgan fingerprint density at radius 1 is 1.40 bits per heavy atom. The minimum Gasteiger partial charge on any atom is -0.494 e. The summed E-state index contributed by atoms with van der Waals surface area (Å²) in [6.07, 6.45) is 1.71. The third-order valence-corrected chi connectivity index (χ3v) is 4.61. The van der Waals surface area contributed by atoms with Gasteiger partial charge in [0.2, 0.25) is 0 Å². The van der Waals surface area contributed by atoms with Crippen LogP contribution in [0.4, 0.5) is 5.69 Å². The highest BCUT2D eigenvalue weighted by atomic mass is 16.5. The third kappa shape index (κ3) is 1.99. The van der Waals surface area contributed by atoms with E-state index in [9.17, 15) is 0 Å². The number of carbonyl (C=O) groups excluding carboxylic acids is 1. The van der Waals surface area contributed by atoms with Crippen molar-refractivity contribution in [2.45, 2.75) is 31.8 Å². The van der Waals surface area contributed by atoms with Crippen molar-refractivity contribution < 1.29 is 9.53 Å². The number of ether oxygens (including phenoxy) is 1. The monoisotopic (exact) mass is 276 g/mol. The molecule has 0 N–H and O–H groups in total. The van der Waals surface area contributed by atoms with Gasteiger partial charge in [-0.25, -0.2) is 0 Å². The average molecular weight is 276 g/mol. The lowest BCUT2D eigenvalue weighted by Gasteiger charge is -2.32. The van der Waals surface area contributed by atoms with Gasteiger partial charge in [0.15, 0.2) is 0 Å². The standard InChI is InChI=1S/C15H22N2O.CH2O/c1-5-18-11-6-7-13-12(10-11)15(2)8-9-16(3)14(15)17(13)4;1-2/h6-7,10,14H,5,8-9H2,1-4H3;1H2/t14?,15-;/m1./s1. The number of carbonyl (C=O) groups is 1. The number of hydrogen-bond donors (Lipinski definition) is 0. The van der Waals surface area contributed by atoms with Crippen LogP contribution in [0.2, 0.25) is 0 Å². The molecule has 0 spiro atoms. The fourth-order valence-corrected chi connectivity index (χ4v) is 3.81. The molecule has 2 aliphatic rings. The third-order valence-electron chi connectivity index (χ3n) is 4.61. The van der Waals surface area contributed by atoms with Crippen molar-refractivity contribution in [2.24, 2.45) is 0 Å². The van der Waals surface area contributed by atoms with E-state index in [0.29, 0.717) is 6.17 Å². The van der Waals surface area contributed by atoms with E-state index < -0.39 is 0 Å². The highest BCUT2D eigenvalue weighted by Gasteiger charge is 2.52. The number of nitrogens with zero attached hydrogens (tertiary/aromatic N) is 2. The topological polar surface area (TPSA) is 32.8 Å². The van der Waals surface area contributed by atoms with E-state index in [-0.39, 0.29) is 5.41 Å². The molecule has 0 bridgehead atoms. The lowest BCUT2D eigenvalue weighted by Crippen LogP contribution is -2.45. The first-order chi connectivity index (χ1) is 9.58. The zero-order chi connectivity index (χ0) is 14.9. The lowest BCUT2D eigenvalue weighted by molar-refractivity contribution is -0.0979. The molecule has 20 heavy (non-hydrogen) atoms. The molecule has 4 nitrogen and oxygen atoms in total. The SMILES string of the molecule is C=O.CCOc1ccc2c(c1)[C@@]1(C)CCN(C)C1N2C. The van der Waals surface area contributed by atoms with Gasteiger partial charge < -0.3 is 14.4 Å². The van der Waals surface area contributed by atoms with E-state index >= 15 is 0 Å². The second-order valence-corrected chi connectivity index (χ2v) is 5.74. The van der Waals surface area contributed by atoms with Crippen molar-refractivity contribution in [1.82, 2.24) is 4.90 Å². The number of likely N-dealkylation sites (tertiary alicyclic amines) is 1. The van der Waals surface area contributed by atoms with Gasteiger partial charge in [-0.3, -0.25) is 4.90 Å². The zero-order valence-corrected chi connectivity index (χ0v) is 12.8. The molecule has 2 aliphatic heterocycles. The number of hydrogen-bond acceptors (Lipinski definition) is 4. The number of benzene rings is 1. The van der Waals surface area contributed by atoms with E-state index in [4.69, 9.17) is 9.53 Å². The fourth-order valence-electron chi connectivity index (χ4n) is 3.81. The summed E-state index contributed by atoms with van der Waals surface area (Å²) in [5.74, 6) is 1.00. The van der Waals surface area contributed by atoms with Gasteiger partial charge in [-0.05, 0) is 44.2 Å². The molecule has 1 unspecified atom stereocenters. The molecule has 0 aliphatic carbocycles. The molecule has 110 valence electrons. The first kappa shape index (κ1) is 14.9. The van der Waals surface area contributed by atoms with Crippen LogP contribution >= 0.6 is 0 Å². The summed E-state index contributed by atoms with van der Waals surface area (Å²) in [5.41, 5.74) is 3.05. The molecule has 1 saturated heterocycles. The highest BCUT2D eigenvalue weighted by molar-refractivity contribution is 5.66. The van der Waals surface area contributed by atoms with E-state index in [1.807, 2.05) is 13.7 Å². The van der Waals surface area contributed by atoms with Crippen molar-refractivity contribution >= 4 is 12.5 Å².